The van der Waals surface area contributed by atoms with Gasteiger partial charge in [0.25, 0.3) is 0 Å². The summed E-state index contributed by atoms with van der Waals surface area (Å²) in [6.45, 7) is 24.9. The summed E-state index contributed by atoms with van der Waals surface area (Å²) < 4.78 is 2.89. The summed E-state index contributed by atoms with van der Waals surface area (Å²) >= 11 is 0. The highest BCUT2D eigenvalue weighted by Crippen LogP contribution is 2.40. The molecule has 0 aromatic rings. The monoisotopic (exact) mass is 298 g/mol. The summed E-state index contributed by atoms with van der Waals surface area (Å²) in [4.78, 5) is 0. The Kier molecular flexibility index (Phi) is 5.27. The van der Waals surface area contributed by atoms with Gasteiger partial charge in [-0.25, -0.2) is 0 Å². The Morgan fingerprint density at radius 2 is 1.84 bits per heavy atom. The topological polar surface area (TPSA) is 15.3 Å². The van der Waals surface area contributed by atoms with Crippen LogP contribution in [0.5, 0.6) is 0 Å². The van der Waals surface area contributed by atoms with Crippen molar-refractivity contribution >= 4 is 16.3 Å². The van der Waals surface area contributed by atoms with Gasteiger partial charge in [0.15, 0.2) is 0 Å². The van der Waals surface area contributed by atoms with Crippen LogP contribution >= 0.6 is 0 Å². The van der Waals surface area contributed by atoms with Crippen molar-refractivity contribution in [3.63, 3.8) is 0 Å². The maximum Gasteiger partial charge on any atom is 0.127 e. The minimum absolute atomic E-state index is 0.433. The third-order valence-corrected chi connectivity index (χ3v) is 13.5. The Bertz CT molecular complexity index is 319. The van der Waals surface area contributed by atoms with Crippen LogP contribution in [0.15, 0.2) is 12.3 Å². The van der Waals surface area contributed by atoms with Gasteiger partial charge in [0.1, 0.15) is 8.24 Å². The highest BCUT2D eigenvalue weighted by Gasteiger charge is 2.45. The lowest BCUT2D eigenvalue weighted by Crippen LogP contribution is -2.65. The summed E-state index contributed by atoms with van der Waals surface area (Å²) in [7, 11) is -2.64. The van der Waals surface area contributed by atoms with Gasteiger partial charge in [-0.1, -0.05) is 47.0 Å². The smallest absolute Gasteiger partial charge is 0.127 e. The van der Waals surface area contributed by atoms with E-state index in [1.165, 1.54) is 12.6 Å². The lowest BCUT2D eigenvalue weighted by Gasteiger charge is -2.52. The zero-order valence-corrected chi connectivity index (χ0v) is 16.1. The zero-order chi connectivity index (χ0) is 14.9. The molecule has 1 N–H and O–H groups in total. The van der Waals surface area contributed by atoms with Crippen molar-refractivity contribution in [3.8, 4) is 0 Å². The number of nitrogens with zero attached hydrogens (tertiary/aromatic N) is 1. The van der Waals surface area contributed by atoms with Crippen molar-refractivity contribution in [2.24, 2.45) is 0 Å². The molecule has 0 amide bonds. The van der Waals surface area contributed by atoms with E-state index >= 15 is 0 Å². The fourth-order valence-corrected chi connectivity index (χ4v) is 7.36. The Balaban J connectivity index is 2.93. The van der Waals surface area contributed by atoms with E-state index in [1.807, 2.05) is 0 Å². The Morgan fingerprint density at radius 1 is 1.26 bits per heavy atom. The average Bonchev–Trinajstić information content (AvgIpc) is 2.27. The first-order valence-corrected chi connectivity index (χ1v) is 13.9. The molecular formula is C15H34N2Si2. The molecule has 0 spiro atoms. The Hall–Kier alpha value is 0.0938. The van der Waals surface area contributed by atoms with Crippen molar-refractivity contribution in [2.45, 2.75) is 64.1 Å². The molecule has 0 bridgehead atoms. The molecule has 1 saturated heterocycles. The largest absolute Gasteiger partial charge is 0.318 e. The lowest BCUT2D eigenvalue weighted by atomic mass is 10.2. The van der Waals surface area contributed by atoms with Crippen molar-refractivity contribution in [3.05, 3.63) is 12.3 Å². The second-order valence-electron chi connectivity index (χ2n) is 8.26. The molecule has 1 fully saturated rings. The standard InChI is InChI=1S/C15H34N2Si2/c1-9-18(5,6)13-14-12-16-10-11-17(14)19(7,8)15(2,3)4/h9,14,16H,1,10-13H2,2-8H3. The van der Waals surface area contributed by atoms with Gasteiger partial charge in [-0.3, -0.25) is 0 Å². The van der Waals surface area contributed by atoms with E-state index in [1.54, 1.807) is 0 Å². The van der Waals surface area contributed by atoms with Gasteiger partial charge in [0, 0.05) is 25.7 Å². The van der Waals surface area contributed by atoms with Gasteiger partial charge in [0.2, 0.25) is 0 Å². The molecule has 0 radical (unpaired) electrons. The van der Waals surface area contributed by atoms with Gasteiger partial charge < -0.3 is 9.88 Å². The second kappa shape index (κ2) is 5.84. The highest BCUT2D eigenvalue weighted by atomic mass is 28.3. The molecule has 1 rings (SSSR count). The first-order valence-electron chi connectivity index (χ1n) is 7.62. The van der Waals surface area contributed by atoms with Gasteiger partial charge in [-0.05, 0) is 11.1 Å². The Labute approximate surface area is 122 Å². The van der Waals surface area contributed by atoms with Gasteiger partial charge in [-0.2, -0.15) is 0 Å². The van der Waals surface area contributed by atoms with Crippen LogP contribution in [0.1, 0.15) is 20.8 Å². The van der Waals surface area contributed by atoms with Crippen molar-refractivity contribution in [1.29, 1.82) is 0 Å². The first kappa shape index (κ1) is 17.1. The van der Waals surface area contributed by atoms with Crippen LogP contribution in [-0.2, 0) is 0 Å². The van der Waals surface area contributed by atoms with Crippen LogP contribution in [-0.4, -0.2) is 46.6 Å². The minimum Gasteiger partial charge on any atom is -0.318 e. The van der Waals surface area contributed by atoms with Gasteiger partial charge in [0.05, 0.1) is 8.07 Å². The molecule has 1 aliphatic rings. The van der Waals surface area contributed by atoms with Crippen molar-refractivity contribution in [2.75, 3.05) is 19.6 Å². The molecule has 1 unspecified atom stereocenters. The normalized spacial score (nSPS) is 23.4. The van der Waals surface area contributed by atoms with Gasteiger partial charge in [-0.15, -0.1) is 12.3 Å². The quantitative estimate of drug-likeness (QED) is 0.796. The molecule has 1 atom stereocenters. The zero-order valence-electron chi connectivity index (χ0n) is 14.1. The van der Waals surface area contributed by atoms with Crippen LogP contribution in [0.4, 0.5) is 0 Å². The number of hydrogen-bond donors (Lipinski definition) is 1. The first-order chi connectivity index (χ1) is 8.51. The molecule has 1 aliphatic heterocycles. The number of rotatable bonds is 4. The van der Waals surface area contributed by atoms with Crippen LogP contribution in [0.2, 0.25) is 37.3 Å². The van der Waals surface area contributed by atoms with E-state index in [0.717, 1.165) is 13.1 Å². The summed E-state index contributed by atoms with van der Waals surface area (Å²) in [6.07, 6.45) is 0. The number of hydrogen-bond acceptors (Lipinski definition) is 2. The lowest BCUT2D eigenvalue weighted by molar-refractivity contribution is 0.264. The van der Waals surface area contributed by atoms with Crippen LogP contribution < -0.4 is 5.32 Å². The second-order valence-corrected chi connectivity index (χ2v) is 18.2. The van der Waals surface area contributed by atoms with Crippen LogP contribution in [0.25, 0.3) is 0 Å². The van der Waals surface area contributed by atoms with Gasteiger partial charge >= 0.3 is 0 Å². The molecule has 2 nitrogen and oxygen atoms in total. The van der Waals surface area contributed by atoms with Crippen molar-refractivity contribution in [1.82, 2.24) is 9.88 Å². The van der Waals surface area contributed by atoms with E-state index in [0.29, 0.717) is 11.1 Å². The molecule has 0 aromatic carbocycles. The highest BCUT2D eigenvalue weighted by molar-refractivity contribution is 6.82. The fourth-order valence-electron chi connectivity index (χ4n) is 2.80. The third-order valence-electron chi connectivity index (χ3n) is 5.22. The van der Waals surface area contributed by atoms with E-state index in [2.05, 4.69) is 69.1 Å². The van der Waals surface area contributed by atoms with E-state index in [9.17, 15) is 0 Å². The van der Waals surface area contributed by atoms with E-state index < -0.39 is 16.3 Å². The van der Waals surface area contributed by atoms with Crippen LogP contribution in [0.3, 0.4) is 0 Å². The maximum atomic E-state index is 4.07. The SMILES string of the molecule is C=C[Si](C)(C)CC1CNCCN1[Si](C)(C)C(C)(C)C. The summed E-state index contributed by atoms with van der Waals surface area (Å²) in [5, 5.41) is 4.04. The predicted molar refractivity (Wildman–Crippen MR) is 93.0 cm³/mol. The third kappa shape index (κ3) is 4.03. The fraction of sp³-hybridized carbons (Fsp3) is 0.867. The summed E-state index contributed by atoms with van der Waals surface area (Å²) in [6, 6.07) is 2.06. The minimum atomic E-state index is -1.40. The van der Waals surface area contributed by atoms with Crippen LogP contribution in [0, 0.1) is 0 Å². The average molecular weight is 299 g/mol. The predicted octanol–water partition coefficient (Wildman–Crippen LogP) is 3.70. The van der Waals surface area contributed by atoms with Crippen molar-refractivity contribution < 1.29 is 0 Å². The molecular weight excluding hydrogens is 264 g/mol. The summed E-state index contributed by atoms with van der Waals surface area (Å²) in [5.74, 6) is 0. The molecule has 0 aliphatic carbocycles. The van der Waals surface area contributed by atoms with E-state index in [4.69, 9.17) is 0 Å². The Morgan fingerprint density at radius 3 is 2.32 bits per heavy atom. The number of nitrogens with one attached hydrogen (secondary N) is 1. The number of piperazine rings is 1. The molecule has 4 heteroatoms. The summed E-state index contributed by atoms with van der Waals surface area (Å²) in [5.41, 5.74) is 2.26. The van der Waals surface area contributed by atoms with E-state index in [-0.39, 0.29) is 0 Å². The molecule has 1 heterocycles. The maximum absolute atomic E-state index is 4.07. The molecule has 0 aromatic heterocycles. The molecule has 0 saturated carbocycles. The molecule has 19 heavy (non-hydrogen) atoms. The molecule has 112 valence electrons.